The highest BCUT2D eigenvalue weighted by molar-refractivity contribution is 6.33. The van der Waals surface area contributed by atoms with E-state index in [1.54, 1.807) is 24.3 Å². The van der Waals surface area contributed by atoms with Crippen molar-refractivity contribution in [2.75, 3.05) is 27.2 Å². The number of imidazole rings is 1. The quantitative estimate of drug-likeness (QED) is 0.269. The van der Waals surface area contributed by atoms with Gasteiger partial charge in [-0.15, -0.1) is 0 Å². The Morgan fingerprint density at radius 2 is 1.84 bits per heavy atom. The highest BCUT2D eigenvalue weighted by atomic mass is 35.5. The molecule has 0 saturated carbocycles. The van der Waals surface area contributed by atoms with Gasteiger partial charge < -0.3 is 9.80 Å². The molecule has 0 radical (unpaired) electrons. The fourth-order valence-corrected chi connectivity index (χ4v) is 5.19. The van der Waals surface area contributed by atoms with Gasteiger partial charge in [-0.1, -0.05) is 41.9 Å². The lowest BCUT2D eigenvalue weighted by molar-refractivity contribution is -0.136. The summed E-state index contributed by atoms with van der Waals surface area (Å²) in [6.45, 7) is 1.35. The summed E-state index contributed by atoms with van der Waals surface area (Å²) in [4.78, 5) is 20.9. The number of hydrogen-bond donors (Lipinski definition) is 0. The second kappa shape index (κ2) is 10.0. The molecule has 1 unspecified atom stereocenters. The van der Waals surface area contributed by atoms with Crippen LogP contribution in [0.25, 0.3) is 16.8 Å². The average molecular weight is 545 g/mol. The Morgan fingerprint density at radius 1 is 1.11 bits per heavy atom. The van der Waals surface area contributed by atoms with Gasteiger partial charge in [0.15, 0.2) is 11.3 Å². The maximum Gasteiger partial charge on any atom is 0.420 e. The summed E-state index contributed by atoms with van der Waals surface area (Å²) in [7, 11) is 3.82. The van der Waals surface area contributed by atoms with Crippen LogP contribution in [0.15, 0.2) is 60.8 Å². The van der Waals surface area contributed by atoms with Gasteiger partial charge in [-0.3, -0.25) is 9.20 Å². The SMILES string of the molecule is CN(C)Cc1cccc(-c2cc(C(F)(F)F)c3nc(C(=O)N4CCC(c5ccc(F)cc5)C4)c(Cl)n3c2)c1. The first kappa shape index (κ1) is 26.2. The molecule has 4 aromatic rings. The zero-order valence-corrected chi connectivity index (χ0v) is 21.5. The highest BCUT2D eigenvalue weighted by Gasteiger charge is 2.37. The Balaban J connectivity index is 1.52. The molecule has 0 N–H and O–H groups in total. The van der Waals surface area contributed by atoms with Crippen LogP contribution in [0.5, 0.6) is 0 Å². The van der Waals surface area contributed by atoms with Gasteiger partial charge >= 0.3 is 6.18 Å². The molecule has 3 heterocycles. The lowest BCUT2D eigenvalue weighted by Gasteiger charge is -2.15. The number of fused-ring (bicyclic) bond motifs is 1. The molecule has 5 rings (SSSR count). The van der Waals surface area contributed by atoms with Gasteiger partial charge in [-0.2, -0.15) is 13.2 Å². The minimum Gasteiger partial charge on any atom is -0.337 e. The number of carbonyl (C=O) groups excluding carboxylic acids is 1. The lowest BCUT2D eigenvalue weighted by Crippen LogP contribution is -2.29. The molecule has 1 fully saturated rings. The van der Waals surface area contributed by atoms with Crippen LogP contribution in [0.2, 0.25) is 5.15 Å². The Labute approximate surface area is 222 Å². The van der Waals surface area contributed by atoms with E-state index in [0.29, 0.717) is 37.2 Å². The molecule has 1 saturated heterocycles. The number of pyridine rings is 1. The second-order valence-electron chi connectivity index (χ2n) is 9.81. The number of likely N-dealkylation sites (tertiary alicyclic amines) is 1. The Hall–Kier alpha value is -3.43. The van der Waals surface area contributed by atoms with E-state index in [1.165, 1.54) is 23.2 Å². The maximum absolute atomic E-state index is 14.2. The van der Waals surface area contributed by atoms with Crippen LogP contribution in [0, 0.1) is 5.82 Å². The molecule has 1 amide bonds. The summed E-state index contributed by atoms with van der Waals surface area (Å²) < 4.78 is 56.9. The summed E-state index contributed by atoms with van der Waals surface area (Å²) >= 11 is 6.52. The van der Waals surface area contributed by atoms with Crippen LogP contribution in [0.1, 0.15) is 39.5 Å². The predicted octanol–water partition coefficient (Wildman–Crippen LogP) is 6.50. The molecule has 2 aromatic carbocycles. The number of aromatic nitrogens is 2. The number of halogens is 5. The summed E-state index contributed by atoms with van der Waals surface area (Å²) in [6, 6.07) is 14.4. The minimum absolute atomic E-state index is 0.0119. The van der Waals surface area contributed by atoms with Crippen molar-refractivity contribution in [3.63, 3.8) is 0 Å². The molecule has 10 heteroatoms. The zero-order valence-electron chi connectivity index (χ0n) is 20.8. The van der Waals surface area contributed by atoms with E-state index in [2.05, 4.69) is 4.98 Å². The minimum atomic E-state index is -4.71. The van der Waals surface area contributed by atoms with Crippen molar-refractivity contribution in [1.82, 2.24) is 19.2 Å². The third-order valence-corrected chi connectivity index (χ3v) is 7.11. The number of nitrogens with zero attached hydrogens (tertiary/aromatic N) is 4. The summed E-state index contributed by atoms with van der Waals surface area (Å²) in [5, 5.41) is -0.174. The molecule has 0 spiro atoms. The fourth-order valence-electron chi connectivity index (χ4n) is 4.94. The van der Waals surface area contributed by atoms with E-state index in [4.69, 9.17) is 11.6 Å². The molecule has 0 bridgehead atoms. The summed E-state index contributed by atoms with van der Waals surface area (Å²) in [5.74, 6) is -0.895. The van der Waals surface area contributed by atoms with Crippen molar-refractivity contribution >= 4 is 23.2 Å². The molecule has 0 aliphatic carbocycles. The van der Waals surface area contributed by atoms with Crippen LogP contribution in [0.3, 0.4) is 0 Å². The smallest absolute Gasteiger partial charge is 0.337 e. The van der Waals surface area contributed by atoms with Gasteiger partial charge in [0.25, 0.3) is 5.91 Å². The number of alkyl halides is 3. The van der Waals surface area contributed by atoms with Crippen molar-refractivity contribution in [2.45, 2.75) is 25.1 Å². The lowest BCUT2D eigenvalue weighted by atomic mass is 9.99. The normalized spacial score (nSPS) is 16.1. The maximum atomic E-state index is 14.2. The number of benzene rings is 2. The number of amides is 1. The monoisotopic (exact) mass is 544 g/mol. The van der Waals surface area contributed by atoms with E-state index >= 15 is 0 Å². The van der Waals surface area contributed by atoms with Crippen molar-refractivity contribution < 1.29 is 22.4 Å². The Kier molecular flexibility index (Phi) is 6.92. The number of rotatable bonds is 5. The molecular weight excluding hydrogens is 520 g/mol. The van der Waals surface area contributed by atoms with E-state index in [0.717, 1.165) is 21.6 Å². The van der Waals surface area contributed by atoms with Crippen molar-refractivity contribution in [1.29, 1.82) is 0 Å². The van der Waals surface area contributed by atoms with Gasteiger partial charge in [-0.05, 0) is 67.0 Å². The van der Waals surface area contributed by atoms with Crippen molar-refractivity contribution in [3.05, 3.63) is 94.1 Å². The van der Waals surface area contributed by atoms with E-state index in [1.807, 2.05) is 31.1 Å². The van der Waals surface area contributed by atoms with Crippen molar-refractivity contribution in [3.8, 4) is 11.1 Å². The van der Waals surface area contributed by atoms with Crippen molar-refractivity contribution in [2.24, 2.45) is 0 Å². The summed E-state index contributed by atoms with van der Waals surface area (Å²) in [6.07, 6.45) is -2.59. The molecule has 198 valence electrons. The number of carbonyl (C=O) groups is 1. The van der Waals surface area contributed by atoms with Gasteiger partial charge in [0.1, 0.15) is 11.0 Å². The van der Waals surface area contributed by atoms with Crippen LogP contribution in [-0.2, 0) is 12.7 Å². The number of hydrogen-bond acceptors (Lipinski definition) is 3. The van der Waals surface area contributed by atoms with E-state index in [-0.39, 0.29) is 22.6 Å². The van der Waals surface area contributed by atoms with E-state index in [9.17, 15) is 22.4 Å². The summed E-state index contributed by atoms with van der Waals surface area (Å²) in [5.41, 5.74) is 1.11. The van der Waals surface area contributed by atoms with E-state index < -0.39 is 23.3 Å². The van der Waals surface area contributed by atoms with Gasteiger partial charge in [0, 0.05) is 31.7 Å². The zero-order chi connectivity index (χ0) is 27.2. The molecule has 5 nitrogen and oxygen atoms in total. The largest absolute Gasteiger partial charge is 0.420 e. The third kappa shape index (κ3) is 5.13. The van der Waals surface area contributed by atoms with Gasteiger partial charge in [0.05, 0.1) is 5.56 Å². The first-order valence-electron chi connectivity index (χ1n) is 12.1. The van der Waals surface area contributed by atoms with Crippen LogP contribution in [0.4, 0.5) is 17.6 Å². The standard InChI is InChI=1S/C28H25ClF4N4O/c1-35(2)14-17-4-3-5-19(12-17)21-13-23(28(31,32)33)26-34-24(25(29)37(26)16-21)27(38)36-11-10-20(15-36)18-6-8-22(30)9-7-18/h3-9,12-13,16,20H,10-11,14-15H2,1-2H3. The van der Waals surface area contributed by atoms with Crippen LogP contribution < -0.4 is 0 Å². The molecule has 1 aliphatic rings. The first-order chi connectivity index (χ1) is 18.0. The molecular formula is C28H25ClF4N4O. The molecule has 1 atom stereocenters. The molecule has 2 aromatic heterocycles. The topological polar surface area (TPSA) is 40.9 Å². The Morgan fingerprint density at radius 3 is 2.53 bits per heavy atom. The Bertz CT molecular complexity index is 1500. The predicted molar refractivity (Wildman–Crippen MR) is 138 cm³/mol. The third-order valence-electron chi connectivity index (χ3n) is 6.75. The average Bonchev–Trinajstić information content (AvgIpc) is 3.48. The van der Waals surface area contributed by atoms with Crippen LogP contribution >= 0.6 is 11.6 Å². The fraction of sp³-hybridized carbons (Fsp3) is 0.286. The highest BCUT2D eigenvalue weighted by Crippen LogP contribution is 2.38. The second-order valence-corrected chi connectivity index (χ2v) is 10.2. The van der Waals surface area contributed by atoms with Gasteiger partial charge in [0.2, 0.25) is 0 Å². The molecule has 38 heavy (non-hydrogen) atoms. The van der Waals surface area contributed by atoms with Crippen LogP contribution in [-0.4, -0.2) is 52.3 Å². The molecule has 1 aliphatic heterocycles. The van der Waals surface area contributed by atoms with Gasteiger partial charge in [-0.25, -0.2) is 9.37 Å². The first-order valence-corrected chi connectivity index (χ1v) is 12.5.